The molecule has 0 aliphatic heterocycles. The van der Waals surface area contributed by atoms with Gasteiger partial charge in [-0.3, -0.25) is 9.59 Å². The number of nitrogens with zero attached hydrogens (tertiary/aromatic N) is 1. The zero-order chi connectivity index (χ0) is 42.1. The van der Waals surface area contributed by atoms with Gasteiger partial charge in [0.1, 0.15) is 12.6 Å². The van der Waals surface area contributed by atoms with E-state index >= 15 is 0 Å². The number of carbonyl (C=O) groups is 3. The second-order valence-electron chi connectivity index (χ2n) is 14.8. The molecule has 57 heavy (non-hydrogen) atoms. The maximum absolute atomic E-state index is 12.7. The fourth-order valence-electron chi connectivity index (χ4n) is 5.35. The highest BCUT2D eigenvalue weighted by Crippen LogP contribution is 2.10. The van der Waals surface area contributed by atoms with Crippen molar-refractivity contribution in [1.29, 1.82) is 0 Å². The van der Waals surface area contributed by atoms with Gasteiger partial charge in [0.05, 0.1) is 40.3 Å². The Labute approximate surface area is 347 Å². The van der Waals surface area contributed by atoms with E-state index in [9.17, 15) is 19.5 Å². The van der Waals surface area contributed by atoms with E-state index in [1.165, 1.54) is 25.7 Å². The van der Waals surface area contributed by atoms with E-state index in [1.54, 1.807) is 21.1 Å². The number of carbonyl (C=O) groups excluding carboxylic acids is 3. The summed E-state index contributed by atoms with van der Waals surface area (Å²) in [5.41, 5.74) is 0. The van der Waals surface area contributed by atoms with Crippen LogP contribution in [0.5, 0.6) is 0 Å². The van der Waals surface area contributed by atoms with E-state index in [0.717, 1.165) is 57.8 Å². The molecule has 0 aromatic carbocycles. The van der Waals surface area contributed by atoms with Gasteiger partial charge in [0, 0.05) is 19.3 Å². The minimum absolute atomic E-state index is 0.0141. The fraction of sp³-hybridized carbons (Fsp3) is 0.571. The van der Waals surface area contributed by atoms with Gasteiger partial charge >= 0.3 is 11.9 Å². The van der Waals surface area contributed by atoms with E-state index in [0.29, 0.717) is 12.8 Å². The van der Waals surface area contributed by atoms with Gasteiger partial charge in [-0.05, 0) is 83.5 Å². The molecule has 8 nitrogen and oxygen atoms in total. The van der Waals surface area contributed by atoms with E-state index < -0.39 is 24.1 Å². The van der Waals surface area contributed by atoms with Crippen LogP contribution in [0.15, 0.2) is 109 Å². The molecule has 0 aliphatic carbocycles. The molecule has 2 atom stereocenters. The number of carboxylic acids is 1. The Morgan fingerprint density at radius 1 is 0.544 bits per heavy atom. The molecule has 0 aliphatic rings. The zero-order valence-electron chi connectivity index (χ0n) is 36.2. The van der Waals surface area contributed by atoms with Crippen LogP contribution in [-0.2, 0) is 28.6 Å². The number of quaternary nitrogens is 1. The number of esters is 2. The second-order valence-corrected chi connectivity index (χ2v) is 14.8. The van der Waals surface area contributed by atoms with Crippen molar-refractivity contribution in [3.05, 3.63) is 109 Å². The first-order valence-electron chi connectivity index (χ1n) is 21.4. The molecule has 0 saturated heterocycles. The highest BCUT2D eigenvalue weighted by atomic mass is 16.6. The Balaban J connectivity index is 4.60. The van der Waals surface area contributed by atoms with E-state index in [1.807, 2.05) is 12.2 Å². The van der Waals surface area contributed by atoms with Crippen LogP contribution in [0, 0.1) is 0 Å². The van der Waals surface area contributed by atoms with Gasteiger partial charge in [-0.1, -0.05) is 136 Å². The molecule has 0 N–H and O–H groups in total. The lowest BCUT2D eigenvalue weighted by Gasteiger charge is -2.34. The van der Waals surface area contributed by atoms with Crippen LogP contribution in [0.25, 0.3) is 0 Å². The Morgan fingerprint density at radius 3 is 1.46 bits per heavy atom. The standard InChI is InChI=1S/C49H77NO7/c1-6-8-10-12-14-16-18-20-22-24-26-27-29-31-33-35-37-39-47(51)56-44-45(43-55-42-41-46(49(53)54)50(3,4)5)57-48(52)40-38-36-34-32-30-28-25-23-21-19-17-15-13-11-9-7-2/h9,11,14-17,20-23,26-28,30-31,33-34,36,45-46H,6-8,10,12-13,18-19,24-25,29,32,35,37-44H2,1-5H3/b11-9+,16-14+,17-15+,22-20+,23-21+,27-26+,30-28+,33-31+,36-34+. The van der Waals surface area contributed by atoms with Gasteiger partial charge in [-0.25, -0.2) is 0 Å². The molecule has 0 heterocycles. The van der Waals surface area contributed by atoms with Crippen molar-refractivity contribution in [3.8, 4) is 0 Å². The Bertz CT molecular complexity index is 1290. The monoisotopic (exact) mass is 792 g/mol. The van der Waals surface area contributed by atoms with Crippen molar-refractivity contribution in [1.82, 2.24) is 0 Å². The average molecular weight is 792 g/mol. The van der Waals surface area contributed by atoms with Crippen LogP contribution in [0.4, 0.5) is 0 Å². The number of unbranched alkanes of at least 4 members (excludes halogenated alkanes) is 4. The first-order valence-corrected chi connectivity index (χ1v) is 21.4. The zero-order valence-corrected chi connectivity index (χ0v) is 36.2. The molecule has 0 fully saturated rings. The SMILES string of the molecule is CC/C=C/C/C=C/C/C=C/C/C=C/C/C=C/CCC(=O)OC(COCCC(C(=O)[O-])[N+](C)(C)C)COC(=O)CCC/C=C/C/C=C/C/C=C/C/C=C/CCCCC. The lowest BCUT2D eigenvalue weighted by molar-refractivity contribution is -0.889. The quantitative estimate of drug-likeness (QED) is 0.0269. The summed E-state index contributed by atoms with van der Waals surface area (Å²) < 4.78 is 17.0. The van der Waals surface area contributed by atoms with Crippen LogP contribution in [0.2, 0.25) is 0 Å². The predicted octanol–water partition coefficient (Wildman–Crippen LogP) is 10.4. The lowest BCUT2D eigenvalue weighted by Crippen LogP contribution is -2.55. The summed E-state index contributed by atoms with van der Waals surface area (Å²) >= 11 is 0. The first-order chi connectivity index (χ1) is 27.6. The minimum Gasteiger partial charge on any atom is -0.544 e. The number of rotatable bonds is 36. The molecule has 2 unspecified atom stereocenters. The number of hydrogen-bond donors (Lipinski definition) is 0. The molecule has 0 radical (unpaired) electrons. The van der Waals surface area contributed by atoms with Crippen LogP contribution in [-0.4, -0.2) is 75.5 Å². The van der Waals surface area contributed by atoms with Gasteiger partial charge < -0.3 is 28.6 Å². The predicted molar refractivity (Wildman–Crippen MR) is 235 cm³/mol. The number of hydrogen-bond acceptors (Lipinski definition) is 7. The molecule has 0 aromatic rings. The highest BCUT2D eigenvalue weighted by molar-refractivity contribution is 5.70. The molecule has 8 heteroatoms. The Hall–Kier alpha value is -4.01. The highest BCUT2D eigenvalue weighted by Gasteiger charge is 2.25. The molecule has 0 spiro atoms. The summed E-state index contributed by atoms with van der Waals surface area (Å²) in [6.45, 7) is 4.34. The Morgan fingerprint density at radius 2 is 1.00 bits per heavy atom. The van der Waals surface area contributed by atoms with Crippen molar-refractivity contribution in [2.24, 2.45) is 0 Å². The number of carboxylic acid groups (broad SMARTS) is 1. The molecule has 0 amide bonds. The van der Waals surface area contributed by atoms with Gasteiger partial charge in [0.2, 0.25) is 0 Å². The van der Waals surface area contributed by atoms with Crippen molar-refractivity contribution in [3.63, 3.8) is 0 Å². The van der Waals surface area contributed by atoms with Gasteiger partial charge in [0.15, 0.2) is 6.10 Å². The van der Waals surface area contributed by atoms with Crippen LogP contribution in [0.3, 0.4) is 0 Å². The second kappa shape index (κ2) is 38.8. The Kier molecular flexibility index (Phi) is 36.1. The molecule has 0 bridgehead atoms. The maximum atomic E-state index is 12.7. The normalized spacial score (nSPS) is 14.1. The average Bonchev–Trinajstić information content (AvgIpc) is 3.17. The first kappa shape index (κ1) is 53.0. The third-order valence-corrected chi connectivity index (χ3v) is 8.66. The topological polar surface area (TPSA) is 102 Å². The summed E-state index contributed by atoms with van der Waals surface area (Å²) in [4.78, 5) is 36.8. The number of likely N-dealkylation sites (N-methyl/N-ethyl adjacent to an activating group) is 1. The van der Waals surface area contributed by atoms with Crippen molar-refractivity contribution in [2.45, 2.75) is 142 Å². The van der Waals surface area contributed by atoms with Crippen LogP contribution < -0.4 is 5.11 Å². The number of aliphatic carboxylic acids is 1. The van der Waals surface area contributed by atoms with E-state index in [-0.39, 0.29) is 49.5 Å². The van der Waals surface area contributed by atoms with Crippen LogP contribution in [0.1, 0.15) is 129 Å². The third-order valence-electron chi connectivity index (χ3n) is 8.66. The van der Waals surface area contributed by atoms with Crippen LogP contribution >= 0.6 is 0 Å². The summed E-state index contributed by atoms with van der Waals surface area (Å²) in [6, 6.07) is -0.753. The molecule has 0 rings (SSSR count). The number of allylic oxidation sites excluding steroid dienone is 18. The smallest absolute Gasteiger partial charge is 0.306 e. The third kappa shape index (κ3) is 37.3. The largest absolute Gasteiger partial charge is 0.544 e. The summed E-state index contributed by atoms with van der Waals surface area (Å²) in [6.07, 6.45) is 52.8. The molecular formula is C49H77NO7. The van der Waals surface area contributed by atoms with Crippen molar-refractivity contribution >= 4 is 17.9 Å². The van der Waals surface area contributed by atoms with Gasteiger partial charge in [-0.2, -0.15) is 0 Å². The molecule has 0 saturated carbocycles. The number of ether oxygens (including phenoxy) is 3. The van der Waals surface area contributed by atoms with Gasteiger partial charge in [-0.15, -0.1) is 0 Å². The van der Waals surface area contributed by atoms with Crippen molar-refractivity contribution < 1.29 is 38.2 Å². The van der Waals surface area contributed by atoms with Gasteiger partial charge in [0.25, 0.3) is 0 Å². The fourth-order valence-corrected chi connectivity index (χ4v) is 5.35. The van der Waals surface area contributed by atoms with E-state index in [2.05, 4.69) is 111 Å². The minimum atomic E-state index is -1.15. The summed E-state index contributed by atoms with van der Waals surface area (Å²) in [5, 5.41) is 11.6. The molecule has 0 aromatic heterocycles. The lowest BCUT2D eigenvalue weighted by atomic mass is 10.1. The molecule has 320 valence electrons. The van der Waals surface area contributed by atoms with Crippen molar-refractivity contribution in [2.75, 3.05) is 41.0 Å². The maximum Gasteiger partial charge on any atom is 0.306 e. The summed E-state index contributed by atoms with van der Waals surface area (Å²) in [7, 11) is 5.35. The molecular weight excluding hydrogens is 715 g/mol. The van der Waals surface area contributed by atoms with E-state index in [4.69, 9.17) is 14.2 Å². The summed E-state index contributed by atoms with van der Waals surface area (Å²) in [5.74, 6) is -1.93.